The average molecular weight is 293 g/mol. The van der Waals surface area contributed by atoms with Crippen LogP contribution in [0.4, 0.5) is 0 Å². The van der Waals surface area contributed by atoms with Gasteiger partial charge in [0.15, 0.2) is 0 Å². The number of rotatable bonds is 5. The molecule has 19 heavy (non-hydrogen) atoms. The van der Waals surface area contributed by atoms with E-state index in [0.717, 1.165) is 12.8 Å². The maximum atomic E-state index is 12.0. The van der Waals surface area contributed by atoms with Crippen LogP contribution in [0, 0.1) is 5.92 Å². The molecule has 1 fully saturated rings. The predicted molar refractivity (Wildman–Crippen MR) is 76.3 cm³/mol. The van der Waals surface area contributed by atoms with Crippen molar-refractivity contribution in [1.29, 1.82) is 0 Å². The number of ether oxygens (including phenoxy) is 1. The largest absolute Gasteiger partial charge is 0.467 e. The number of amides is 1. The third-order valence-corrected chi connectivity index (χ3v) is 3.68. The second kappa shape index (κ2) is 8.38. The van der Waals surface area contributed by atoms with Crippen LogP contribution in [0.15, 0.2) is 0 Å². The molecular weight excluding hydrogens is 268 g/mol. The third kappa shape index (κ3) is 4.99. The minimum atomic E-state index is -0.800. The van der Waals surface area contributed by atoms with Gasteiger partial charge in [-0.1, -0.05) is 6.92 Å². The summed E-state index contributed by atoms with van der Waals surface area (Å²) in [4.78, 5) is 23.8. The zero-order valence-electron chi connectivity index (χ0n) is 12.0. The van der Waals surface area contributed by atoms with Gasteiger partial charge < -0.3 is 15.4 Å². The highest BCUT2D eigenvalue weighted by atomic mass is 35.5. The minimum absolute atomic E-state index is 0. The molecule has 1 rings (SSSR count). The second-order valence-electron chi connectivity index (χ2n) is 5.16. The lowest BCUT2D eigenvalue weighted by atomic mass is 9.77. The monoisotopic (exact) mass is 292 g/mol. The van der Waals surface area contributed by atoms with Gasteiger partial charge in [-0.3, -0.25) is 4.79 Å². The maximum absolute atomic E-state index is 12.0. The number of carbonyl (C=O) groups is 2. The molecule has 0 spiro atoms. The smallest absolute Gasteiger partial charge is 0.331 e. The first kappa shape index (κ1) is 18.2. The third-order valence-electron chi connectivity index (χ3n) is 3.68. The van der Waals surface area contributed by atoms with E-state index in [9.17, 15) is 9.59 Å². The minimum Gasteiger partial charge on any atom is -0.467 e. The Hall–Kier alpha value is -0.810. The van der Waals surface area contributed by atoms with Gasteiger partial charge in [-0.25, -0.2) is 4.79 Å². The number of esters is 1. The van der Waals surface area contributed by atoms with Gasteiger partial charge in [-0.05, 0) is 38.6 Å². The Bertz CT molecular complexity index is 302. The molecule has 0 radical (unpaired) electrons. The summed E-state index contributed by atoms with van der Waals surface area (Å²) in [5, 5.41) is 5.81. The van der Waals surface area contributed by atoms with Crippen molar-refractivity contribution in [2.45, 2.75) is 44.6 Å². The fourth-order valence-electron chi connectivity index (χ4n) is 2.40. The molecule has 0 aromatic heterocycles. The lowest BCUT2D eigenvalue weighted by molar-refractivity contribution is -0.153. The summed E-state index contributed by atoms with van der Waals surface area (Å²) < 4.78 is 4.86. The molecule has 1 aliphatic rings. The number of nitrogens with one attached hydrogen (secondary N) is 2. The van der Waals surface area contributed by atoms with Crippen molar-refractivity contribution in [1.82, 2.24) is 10.6 Å². The van der Waals surface area contributed by atoms with Gasteiger partial charge in [0.1, 0.15) is 5.54 Å². The highest BCUT2D eigenvalue weighted by Gasteiger charge is 2.43. The van der Waals surface area contributed by atoms with E-state index in [1.165, 1.54) is 7.11 Å². The van der Waals surface area contributed by atoms with Crippen LogP contribution in [-0.2, 0) is 14.3 Å². The molecule has 0 aromatic rings. The van der Waals surface area contributed by atoms with Crippen molar-refractivity contribution < 1.29 is 14.3 Å². The summed E-state index contributed by atoms with van der Waals surface area (Å²) >= 11 is 0. The summed E-state index contributed by atoms with van der Waals surface area (Å²) in [6.07, 6.45) is 3.62. The summed E-state index contributed by atoms with van der Waals surface area (Å²) in [6, 6.07) is 0. The molecule has 6 heteroatoms. The Balaban J connectivity index is 0.00000324. The number of carbonyl (C=O) groups excluding carboxylic acids is 2. The van der Waals surface area contributed by atoms with E-state index < -0.39 is 5.54 Å². The van der Waals surface area contributed by atoms with Gasteiger partial charge in [0, 0.05) is 13.0 Å². The second-order valence-corrected chi connectivity index (χ2v) is 5.16. The molecule has 0 bridgehead atoms. The first-order valence-electron chi connectivity index (χ1n) is 6.58. The van der Waals surface area contributed by atoms with Crippen LogP contribution in [0.1, 0.15) is 39.0 Å². The molecule has 0 heterocycles. The Morgan fingerprint density at radius 1 is 1.32 bits per heavy atom. The van der Waals surface area contributed by atoms with Gasteiger partial charge in [0.2, 0.25) is 5.91 Å². The Morgan fingerprint density at radius 2 is 1.89 bits per heavy atom. The van der Waals surface area contributed by atoms with Crippen molar-refractivity contribution in [2.24, 2.45) is 5.92 Å². The van der Waals surface area contributed by atoms with Gasteiger partial charge in [-0.2, -0.15) is 0 Å². The quantitative estimate of drug-likeness (QED) is 0.749. The van der Waals surface area contributed by atoms with Crippen molar-refractivity contribution in [3.05, 3.63) is 0 Å². The van der Waals surface area contributed by atoms with E-state index in [1.807, 2.05) is 0 Å². The van der Waals surface area contributed by atoms with Gasteiger partial charge >= 0.3 is 5.97 Å². The van der Waals surface area contributed by atoms with Gasteiger partial charge in [0.05, 0.1) is 7.11 Å². The maximum Gasteiger partial charge on any atom is 0.331 e. The van der Waals surface area contributed by atoms with E-state index in [4.69, 9.17) is 4.74 Å². The topological polar surface area (TPSA) is 67.4 Å². The van der Waals surface area contributed by atoms with E-state index in [1.54, 1.807) is 7.05 Å². The first-order valence-corrected chi connectivity index (χ1v) is 6.58. The summed E-state index contributed by atoms with van der Waals surface area (Å²) in [7, 11) is 3.17. The molecular formula is C13H25ClN2O3. The molecule has 2 N–H and O–H groups in total. The standard InChI is InChI=1S/C13H24N2O3.ClH/c1-10-4-7-13(8-5-10,12(17)18-3)15-11(16)6-9-14-2;/h10,14H,4-9H2,1-3H3,(H,15,16);1H. The fourth-order valence-corrected chi connectivity index (χ4v) is 2.40. The molecule has 0 atom stereocenters. The van der Waals surface area contributed by atoms with Gasteiger partial charge in [0.25, 0.3) is 0 Å². The van der Waals surface area contributed by atoms with Crippen LogP contribution < -0.4 is 10.6 Å². The summed E-state index contributed by atoms with van der Waals surface area (Å²) in [6.45, 7) is 2.78. The average Bonchev–Trinajstić information content (AvgIpc) is 2.38. The molecule has 5 nitrogen and oxygen atoms in total. The predicted octanol–water partition coefficient (Wildman–Crippen LogP) is 1.26. The van der Waals surface area contributed by atoms with E-state index in [0.29, 0.717) is 31.7 Å². The Kier molecular flexibility index (Phi) is 8.02. The van der Waals surface area contributed by atoms with Crippen LogP contribution >= 0.6 is 12.4 Å². The molecule has 0 aromatic carbocycles. The van der Waals surface area contributed by atoms with Crippen LogP contribution in [0.2, 0.25) is 0 Å². The van der Waals surface area contributed by atoms with Crippen LogP contribution in [0.25, 0.3) is 0 Å². The molecule has 0 unspecified atom stereocenters. The summed E-state index contributed by atoms with van der Waals surface area (Å²) in [5.74, 6) is 0.202. The van der Waals surface area contributed by atoms with Crippen molar-refractivity contribution >= 4 is 24.3 Å². The van der Waals surface area contributed by atoms with E-state index >= 15 is 0 Å². The number of methoxy groups -OCH3 is 1. The SMILES string of the molecule is CNCCC(=O)NC1(C(=O)OC)CCC(C)CC1.Cl. The van der Waals surface area contributed by atoms with Gasteiger partial charge in [-0.15, -0.1) is 12.4 Å². The van der Waals surface area contributed by atoms with Crippen LogP contribution in [-0.4, -0.2) is 38.1 Å². The lowest BCUT2D eigenvalue weighted by Crippen LogP contribution is -2.57. The lowest BCUT2D eigenvalue weighted by Gasteiger charge is -2.37. The molecule has 0 saturated heterocycles. The zero-order chi connectivity index (χ0) is 13.6. The van der Waals surface area contributed by atoms with E-state index in [2.05, 4.69) is 17.6 Å². The molecule has 1 saturated carbocycles. The number of hydrogen-bond acceptors (Lipinski definition) is 4. The highest BCUT2D eigenvalue weighted by molar-refractivity contribution is 5.88. The van der Waals surface area contributed by atoms with Crippen molar-refractivity contribution in [3.8, 4) is 0 Å². The van der Waals surface area contributed by atoms with Crippen LogP contribution in [0.5, 0.6) is 0 Å². The zero-order valence-corrected chi connectivity index (χ0v) is 12.8. The van der Waals surface area contributed by atoms with Crippen LogP contribution in [0.3, 0.4) is 0 Å². The first-order chi connectivity index (χ1) is 8.54. The fraction of sp³-hybridized carbons (Fsp3) is 0.846. The molecule has 1 aliphatic carbocycles. The molecule has 112 valence electrons. The van der Waals surface area contributed by atoms with E-state index in [-0.39, 0.29) is 24.3 Å². The molecule has 1 amide bonds. The Labute approximate surface area is 121 Å². The number of halogens is 1. The highest BCUT2D eigenvalue weighted by Crippen LogP contribution is 2.32. The normalized spacial score (nSPS) is 26.2. The number of hydrogen-bond donors (Lipinski definition) is 2. The van der Waals surface area contributed by atoms with Crippen molar-refractivity contribution in [3.63, 3.8) is 0 Å². The Morgan fingerprint density at radius 3 is 2.37 bits per heavy atom. The molecule has 0 aliphatic heterocycles. The van der Waals surface area contributed by atoms with Crippen molar-refractivity contribution in [2.75, 3.05) is 20.7 Å². The summed E-state index contributed by atoms with van der Waals surface area (Å²) in [5.41, 5.74) is -0.800.